The monoisotopic (exact) mass is 442 g/mol. The molecule has 0 aliphatic heterocycles. The van der Waals surface area contributed by atoms with Crippen molar-refractivity contribution in [1.29, 1.82) is 0 Å². The van der Waals surface area contributed by atoms with Gasteiger partial charge in [0.05, 0.1) is 34.8 Å². The number of ketones is 1. The molecular formula is C29H22N4O. The van der Waals surface area contributed by atoms with Crippen molar-refractivity contribution >= 4 is 5.78 Å². The molecule has 0 bridgehead atoms. The lowest BCUT2D eigenvalue weighted by atomic mass is 9.94. The Morgan fingerprint density at radius 2 is 1.35 bits per heavy atom. The van der Waals surface area contributed by atoms with Gasteiger partial charge in [0.1, 0.15) is 5.69 Å². The first-order chi connectivity index (χ1) is 16.7. The number of nitrogens with zero attached hydrogens (tertiary/aromatic N) is 4. The number of carbonyl (C=O) groups excluding carboxylic acids is 1. The Labute approximate surface area is 197 Å². The largest absolute Gasteiger partial charge is 0.305 e. The van der Waals surface area contributed by atoms with Crippen molar-refractivity contribution in [2.45, 2.75) is 19.3 Å². The van der Waals surface area contributed by atoms with Gasteiger partial charge in [0.2, 0.25) is 0 Å². The molecule has 0 N–H and O–H groups in total. The van der Waals surface area contributed by atoms with E-state index in [0.717, 1.165) is 63.7 Å². The van der Waals surface area contributed by atoms with Gasteiger partial charge in [0.25, 0.3) is 0 Å². The van der Waals surface area contributed by atoms with Crippen molar-refractivity contribution in [1.82, 2.24) is 19.5 Å². The second-order valence-electron chi connectivity index (χ2n) is 8.46. The lowest BCUT2D eigenvalue weighted by Gasteiger charge is -2.13. The minimum absolute atomic E-state index is 0.185. The van der Waals surface area contributed by atoms with Crippen molar-refractivity contribution in [3.8, 4) is 39.6 Å². The van der Waals surface area contributed by atoms with E-state index >= 15 is 0 Å². The van der Waals surface area contributed by atoms with Crippen LogP contribution in [0.2, 0.25) is 0 Å². The lowest BCUT2D eigenvalue weighted by Crippen LogP contribution is -2.12. The molecule has 0 radical (unpaired) electrons. The number of aryl methyl sites for hydroxylation is 1. The van der Waals surface area contributed by atoms with Crippen molar-refractivity contribution in [3.05, 3.63) is 109 Å². The second-order valence-corrected chi connectivity index (χ2v) is 8.46. The second kappa shape index (κ2) is 8.52. The normalized spacial score (nSPS) is 13.0. The molecule has 1 aliphatic carbocycles. The average Bonchev–Trinajstić information content (AvgIpc) is 3.40. The first-order valence-corrected chi connectivity index (χ1v) is 11.5. The summed E-state index contributed by atoms with van der Waals surface area (Å²) < 4.78 is 2.00. The van der Waals surface area contributed by atoms with Crippen molar-refractivity contribution in [2.75, 3.05) is 0 Å². The number of hydrogen-bond donors (Lipinski definition) is 0. The number of aromatic nitrogens is 4. The van der Waals surface area contributed by atoms with Crippen LogP contribution in [0.4, 0.5) is 0 Å². The van der Waals surface area contributed by atoms with Crippen LogP contribution in [-0.2, 0) is 6.42 Å². The van der Waals surface area contributed by atoms with Gasteiger partial charge in [-0.2, -0.15) is 0 Å². The smallest absolute Gasteiger partial charge is 0.164 e. The van der Waals surface area contributed by atoms with E-state index in [-0.39, 0.29) is 5.78 Å². The predicted octanol–water partition coefficient (Wildman–Crippen LogP) is 6.18. The van der Waals surface area contributed by atoms with Crippen LogP contribution in [-0.4, -0.2) is 25.3 Å². The highest BCUT2D eigenvalue weighted by molar-refractivity contribution is 5.98. The van der Waals surface area contributed by atoms with Crippen LogP contribution in [0, 0.1) is 0 Å². The molecule has 34 heavy (non-hydrogen) atoms. The third kappa shape index (κ3) is 3.82. The molecule has 0 saturated heterocycles. The fourth-order valence-electron chi connectivity index (χ4n) is 4.41. The Balaban J connectivity index is 1.42. The minimum Gasteiger partial charge on any atom is -0.305 e. The summed E-state index contributed by atoms with van der Waals surface area (Å²) in [5.41, 5.74) is 8.09. The van der Waals surface area contributed by atoms with Crippen LogP contribution in [0.3, 0.4) is 0 Å². The lowest BCUT2D eigenvalue weighted by molar-refractivity contribution is 0.0971. The molecule has 2 aromatic carbocycles. The molecule has 164 valence electrons. The van der Waals surface area contributed by atoms with E-state index in [1.54, 1.807) is 6.33 Å². The number of benzene rings is 2. The number of carbonyl (C=O) groups is 1. The van der Waals surface area contributed by atoms with Gasteiger partial charge in [-0.1, -0.05) is 60.7 Å². The maximum atomic E-state index is 12.2. The van der Waals surface area contributed by atoms with Gasteiger partial charge in [-0.05, 0) is 37.1 Å². The number of rotatable bonds is 4. The Morgan fingerprint density at radius 1 is 0.676 bits per heavy atom. The van der Waals surface area contributed by atoms with Gasteiger partial charge >= 0.3 is 0 Å². The fourth-order valence-corrected chi connectivity index (χ4v) is 4.41. The summed E-state index contributed by atoms with van der Waals surface area (Å²) in [6.45, 7) is 0. The molecule has 0 unspecified atom stereocenters. The molecule has 6 rings (SSSR count). The summed E-state index contributed by atoms with van der Waals surface area (Å²) in [7, 11) is 0. The summed E-state index contributed by atoms with van der Waals surface area (Å²) in [5, 5.41) is 0. The number of pyridine rings is 2. The number of imidazole rings is 1. The molecule has 0 fully saturated rings. The Morgan fingerprint density at radius 3 is 2.03 bits per heavy atom. The van der Waals surface area contributed by atoms with Crippen molar-refractivity contribution in [2.24, 2.45) is 0 Å². The van der Waals surface area contributed by atoms with Crippen LogP contribution < -0.4 is 0 Å². The third-order valence-electron chi connectivity index (χ3n) is 6.18. The van der Waals surface area contributed by atoms with E-state index in [9.17, 15) is 4.79 Å². The minimum atomic E-state index is 0.185. The molecule has 3 heterocycles. The summed E-state index contributed by atoms with van der Waals surface area (Å²) in [6, 6.07) is 28.3. The molecule has 0 saturated carbocycles. The number of hydrogen-bond acceptors (Lipinski definition) is 4. The number of fused-ring (bicyclic) bond motifs is 1. The highest BCUT2D eigenvalue weighted by atomic mass is 16.1. The Kier molecular flexibility index (Phi) is 5.07. The maximum absolute atomic E-state index is 12.2. The van der Waals surface area contributed by atoms with Gasteiger partial charge in [-0.3, -0.25) is 9.78 Å². The van der Waals surface area contributed by atoms with Crippen LogP contribution in [0.15, 0.2) is 97.5 Å². The average molecular weight is 443 g/mol. The zero-order chi connectivity index (χ0) is 22.9. The topological polar surface area (TPSA) is 60.7 Å². The van der Waals surface area contributed by atoms with E-state index in [1.165, 1.54) is 0 Å². The molecule has 0 atom stereocenters. The standard InChI is InChI=1S/C29H22N4O/c34-29-13-7-12-24-23(29)14-15-25(31-24)28-18-33(19-30-28)22-16-26(20-8-3-1-4-9-20)32-27(17-22)21-10-5-2-6-11-21/h1-6,8-11,14-19H,7,12-13H2. The third-order valence-corrected chi connectivity index (χ3v) is 6.18. The highest BCUT2D eigenvalue weighted by Gasteiger charge is 2.19. The zero-order valence-electron chi connectivity index (χ0n) is 18.6. The Bertz CT molecular complexity index is 1430. The van der Waals surface area contributed by atoms with E-state index in [0.29, 0.717) is 6.42 Å². The van der Waals surface area contributed by atoms with E-state index < -0.39 is 0 Å². The summed E-state index contributed by atoms with van der Waals surface area (Å²) in [6.07, 6.45) is 6.09. The highest BCUT2D eigenvalue weighted by Crippen LogP contribution is 2.28. The molecule has 5 nitrogen and oxygen atoms in total. The first-order valence-electron chi connectivity index (χ1n) is 11.5. The van der Waals surface area contributed by atoms with Gasteiger partial charge in [-0.25, -0.2) is 9.97 Å². The Hall–Kier alpha value is -4.38. The van der Waals surface area contributed by atoms with E-state index in [2.05, 4.69) is 41.4 Å². The van der Waals surface area contributed by atoms with Gasteiger partial charge in [-0.15, -0.1) is 0 Å². The van der Waals surface area contributed by atoms with Gasteiger partial charge in [0.15, 0.2) is 5.78 Å². The fraction of sp³-hybridized carbons (Fsp3) is 0.103. The quantitative estimate of drug-likeness (QED) is 0.333. The SMILES string of the molecule is O=C1CCCc2nc(-c3cn(-c4cc(-c5ccccc5)nc(-c5ccccc5)c4)cn3)ccc21. The molecule has 3 aromatic heterocycles. The van der Waals surface area contributed by atoms with E-state index in [1.807, 2.05) is 59.3 Å². The first kappa shape index (κ1) is 20.2. The van der Waals surface area contributed by atoms with Gasteiger partial charge < -0.3 is 4.57 Å². The zero-order valence-corrected chi connectivity index (χ0v) is 18.6. The number of Topliss-reactive ketones (excluding diaryl/α,β-unsaturated/α-hetero) is 1. The maximum Gasteiger partial charge on any atom is 0.164 e. The van der Waals surface area contributed by atoms with Crippen molar-refractivity contribution in [3.63, 3.8) is 0 Å². The van der Waals surface area contributed by atoms with Gasteiger partial charge in [0, 0.05) is 29.3 Å². The molecular weight excluding hydrogens is 420 g/mol. The molecule has 5 heteroatoms. The summed E-state index contributed by atoms with van der Waals surface area (Å²) in [4.78, 5) is 26.5. The van der Waals surface area contributed by atoms with Crippen LogP contribution >= 0.6 is 0 Å². The predicted molar refractivity (Wildman–Crippen MR) is 133 cm³/mol. The summed E-state index contributed by atoms with van der Waals surface area (Å²) >= 11 is 0. The van der Waals surface area contributed by atoms with Crippen LogP contribution in [0.25, 0.3) is 39.6 Å². The van der Waals surface area contributed by atoms with Crippen molar-refractivity contribution < 1.29 is 4.79 Å². The molecule has 0 spiro atoms. The van der Waals surface area contributed by atoms with E-state index in [4.69, 9.17) is 9.97 Å². The molecule has 0 amide bonds. The molecule has 1 aliphatic rings. The van der Waals surface area contributed by atoms with Crippen LogP contribution in [0.5, 0.6) is 0 Å². The summed E-state index contributed by atoms with van der Waals surface area (Å²) in [5.74, 6) is 0.185. The molecule has 5 aromatic rings. The van der Waals surface area contributed by atoms with Crippen LogP contribution in [0.1, 0.15) is 28.9 Å².